The van der Waals surface area contributed by atoms with Crippen LogP contribution in [0.3, 0.4) is 0 Å². The zero-order valence-electron chi connectivity index (χ0n) is 20.5. The van der Waals surface area contributed by atoms with Crippen LogP contribution in [0.2, 0.25) is 5.02 Å². The Morgan fingerprint density at radius 2 is 1.75 bits per heavy atom. The van der Waals surface area contributed by atoms with Crippen molar-refractivity contribution >= 4 is 17.5 Å². The van der Waals surface area contributed by atoms with Gasteiger partial charge in [-0.25, -0.2) is 0 Å². The van der Waals surface area contributed by atoms with Gasteiger partial charge in [0.2, 0.25) is 5.91 Å². The fourth-order valence-electron chi connectivity index (χ4n) is 5.30. The number of hydrogen-bond donors (Lipinski definition) is 3. The maximum absolute atomic E-state index is 13.1. The average molecular weight is 464 g/mol. The van der Waals surface area contributed by atoms with E-state index in [2.05, 4.69) is 29.4 Å². The molecular formula is C26H42ClN3O2. The molecule has 2 aliphatic rings. The highest BCUT2D eigenvalue weighted by Gasteiger charge is 2.41. The number of β-amino-alcohol motifs (C(OH)–C–C–N with tert-alkyl or cyclic N) is 1. The first-order valence-corrected chi connectivity index (χ1v) is 12.6. The second-order valence-electron chi connectivity index (χ2n) is 11.4. The maximum Gasteiger partial charge on any atom is 0.237 e. The first-order valence-electron chi connectivity index (χ1n) is 12.2. The first kappa shape index (κ1) is 25.5. The Bertz CT molecular complexity index is 759. The Kier molecular flexibility index (Phi) is 8.30. The molecule has 6 heteroatoms. The summed E-state index contributed by atoms with van der Waals surface area (Å²) in [5.41, 5.74) is 0.583. The molecule has 0 unspecified atom stereocenters. The third-order valence-electron chi connectivity index (χ3n) is 7.09. The van der Waals surface area contributed by atoms with Gasteiger partial charge in [-0.05, 0) is 77.0 Å². The number of piperidine rings is 1. The van der Waals surface area contributed by atoms with Crippen molar-refractivity contribution in [3.8, 4) is 0 Å². The predicted molar refractivity (Wildman–Crippen MR) is 132 cm³/mol. The number of fused-ring (bicyclic) bond motifs is 1. The molecule has 2 fully saturated rings. The van der Waals surface area contributed by atoms with Gasteiger partial charge in [0, 0.05) is 35.7 Å². The van der Waals surface area contributed by atoms with Crippen molar-refractivity contribution in [1.82, 2.24) is 15.5 Å². The molecule has 3 rings (SSSR count). The number of aliphatic hydroxyl groups is 1. The summed E-state index contributed by atoms with van der Waals surface area (Å²) in [5.74, 6) is 1.38. The van der Waals surface area contributed by atoms with E-state index in [1.807, 2.05) is 45.0 Å². The molecule has 5 nitrogen and oxygen atoms in total. The molecule has 0 radical (unpaired) electrons. The highest BCUT2D eigenvalue weighted by Crippen LogP contribution is 2.38. The number of nitrogens with one attached hydrogen (secondary N) is 2. The molecule has 1 amide bonds. The van der Waals surface area contributed by atoms with Crippen molar-refractivity contribution in [2.24, 2.45) is 11.8 Å². The standard InChI is InChI=1S/C26H42ClN3O2/c1-25(2,3)29-24(32)23-14-18-8-6-7-9-19(18)16-30(23)17-22(31)15-28-26(4,5)20-10-12-21(27)13-11-20/h10-13,18-19,22-23,28,31H,6-9,14-17H2,1-5H3,(H,29,32)/t18-,19+,22+,23-/m0/s1. The molecule has 0 aromatic heterocycles. The van der Waals surface area contributed by atoms with E-state index >= 15 is 0 Å². The molecule has 1 saturated heterocycles. The van der Waals surface area contributed by atoms with Crippen LogP contribution in [0.25, 0.3) is 0 Å². The fraction of sp³-hybridized carbons (Fsp3) is 0.731. The van der Waals surface area contributed by atoms with E-state index < -0.39 is 6.10 Å². The summed E-state index contributed by atoms with van der Waals surface area (Å²) in [7, 11) is 0. The maximum atomic E-state index is 13.1. The van der Waals surface area contributed by atoms with E-state index in [-0.39, 0.29) is 23.0 Å². The zero-order valence-corrected chi connectivity index (χ0v) is 21.2. The number of carbonyl (C=O) groups is 1. The van der Waals surface area contributed by atoms with Crippen molar-refractivity contribution in [3.63, 3.8) is 0 Å². The van der Waals surface area contributed by atoms with Crippen LogP contribution in [0.5, 0.6) is 0 Å². The number of likely N-dealkylation sites (tertiary alicyclic amines) is 1. The monoisotopic (exact) mass is 463 g/mol. The Morgan fingerprint density at radius 1 is 1.12 bits per heavy atom. The van der Waals surface area contributed by atoms with Crippen molar-refractivity contribution in [2.45, 2.75) is 89.9 Å². The first-order chi connectivity index (χ1) is 14.9. The smallest absolute Gasteiger partial charge is 0.237 e. The number of halogens is 1. The second kappa shape index (κ2) is 10.4. The van der Waals surface area contributed by atoms with Gasteiger partial charge in [-0.2, -0.15) is 0 Å². The molecule has 1 aliphatic heterocycles. The van der Waals surface area contributed by atoms with Gasteiger partial charge < -0.3 is 15.7 Å². The molecule has 1 aromatic rings. The Morgan fingerprint density at radius 3 is 2.38 bits per heavy atom. The molecule has 3 N–H and O–H groups in total. The number of hydrogen-bond acceptors (Lipinski definition) is 4. The normalized spacial score (nSPS) is 25.8. The average Bonchev–Trinajstić information content (AvgIpc) is 2.71. The zero-order chi connectivity index (χ0) is 23.5. The lowest BCUT2D eigenvalue weighted by molar-refractivity contribution is -0.132. The highest BCUT2D eigenvalue weighted by atomic mass is 35.5. The molecule has 32 heavy (non-hydrogen) atoms. The molecular weight excluding hydrogens is 422 g/mol. The molecule has 1 heterocycles. The molecule has 180 valence electrons. The van der Waals surface area contributed by atoms with Crippen molar-refractivity contribution in [1.29, 1.82) is 0 Å². The van der Waals surface area contributed by atoms with E-state index in [9.17, 15) is 9.90 Å². The van der Waals surface area contributed by atoms with Crippen LogP contribution in [-0.2, 0) is 10.3 Å². The minimum atomic E-state index is -0.549. The number of benzene rings is 1. The lowest BCUT2D eigenvalue weighted by atomic mass is 9.72. The predicted octanol–water partition coefficient (Wildman–Crippen LogP) is 4.32. The van der Waals surface area contributed by atoms with Gasteiger partial charge in [-0.15, -0.1) is 0 Å². The van der Waals surface area contributed by atoms with E-state index in [1.165, 1.54) is 25.7 Å². The molecule has 1 aromatic carbocycles. The van der Waals surface area contributed by atoms with Gasteiger partial charge in [-0.3, -0.25) is 9.69 Å². The van der Waals surface area contributed by atoms with Gasteiger partial charge in [0.05, 0.1) is 12.1 Å². The van der Waals surface area contributed by atoms with E-state index in [0.717, 1.165) is 23.6 Å². The molecule has 4 atom stereocenters. The van der Waals surface area contributed by atoms with Crippen LogP contribution < -0.4 is 10.6 Å². The van der Waals surface area contributed by atoms with Crippen LogP contribution in [0.1, 0.15) is 72.3 Å². The number of nitrogens with zero attached hydrogens (tertiary/aromatic N) is 1. The Labute approximate surface area is 199 Å². The Hall–Kier alpha value is -1.14. The summed E-state index contributed by atoms with van der Waals surface area (Å²) in [5, 5.41) is 18.3. The van der Waals surface area contributed by atoms with Crippen molar-refractivity contribution < 1.29 is 9.90 Å². The lowest BCUT2D eigenvalue weighted by Crippen LogP contribution is -2.59. The topological polar surface area (TPSA) is 64.6 Å². The van der Waals surface area contributed by atoms with Crippen molar-refractivity contribution in [3.05, 3.63) is 34.9 Å². The molecule has 0 spiro atoms. The summed E-state index contributed by atoms with van der Waals surface area (Å²) >= 11 is 6.03. The highest BCUT2D eigenvalue weighted by molar-refractivity contribution is 6.30. The Balaban J connectivity index is 1.63. The summed E-state index contributed by atoms with van der Waals surface area (Å²) in [6, 6.07) is 7.66. The van der Waals surface area contributed by atoms with Gasteiger partial charge in [0.1, 0.15) is 0 Å². The van der Waals surface area contributed by atoms with E-state index in [4.69, 9.17) is 11.6 Å². The van der Waals surface area contributed by atoms with Gasteiger partial charge in [0.15, 0.2) is 0 Å². The quantitative estimate of drug-likeness (QED) is 0.563. The largest absolute Gasteiger partial charge is 0.390 e. The van der Waals surface area contributed by atoms with Gasteiger partial charge in [-0.1, -0.05) is 43.0 Å². The van der Waals surface area contributed by atoms with Crippen LogP contribution in [0.4, 0.5) is 0 Å². The van der Waals surface area contributed by atoms with Crippen molar-refractivity contribution in [2.75, 3.05) is 19.6 Å². The third kappa shape index (κ3) is 6.93. The van der Waals surface area contributed by atoms with Crippen LogP contribution in [0, 0.1) is 11.8 Å². The molecule has 1 aliphatic carbocycles. The summed E-state index contributed by atoms with van der Waals surface area (Å²) in [4.78, 5) is 15.4. The van der Waals surface area contributed by atoms with Gasteiger partial charge >= 0.3 is 0 Å². The SMILES string of the molecule is CC(C)(C)NC(=O)[C@@H]1C[C@@H]2CCCC[C@@H]2CN1C[C@H](O)CNC(C)(C)c1ccc(Cl)cc1. The van der Waals surface area contributed by atoms with Crippen LogP contribution in [0.15, 0.2) is 24.3 Å². The molecule has 1 saturated carbocycles. The summed E-state index contributed by atoms with van der Waals surface area (Å²) in [6.07, 6.45) is 5.40. The summed E-state index contributed by atoms with van der Waals surface area (Å²) in [6.45, 7) is 12.2. The summed E-state index contributed by atoms with van der Waals surface area (Å²) < 4.78 is 0. The van der Waals surface area contributed by atoms with Crippen LogP contribution in [-0.4, -0.2) is 53.2 Å². The lowest BCUT2D eigenvalue weighted by Gasteiger charge is -2.46. The second-order valence-corrected chi connectivity index (χ2v) is 11.9. The minimum Gasteiger partial charge on any atom is -0.390 e. The van der Waals surface area contributed by atoms with Gasteiger partial charge in [0.25, 0.3) is 0 Å². The van der Waals surface area contributed by atoms with E-state index in [0.29, 0.717) is 24.9 Å². The number of aliphatic hydroxyl groups excluding tert-OH is 1. The third-order valence-corrected chi connectivity index (χ3v) is 7.35. The minimum absolute atomic E-state index is 0.100. The fourth-order valence-corrected chi connectivity index (χ4v) is 5.43. The van der Waals surface area contributed by atoms with Crippen LogP contribution >= 0.6 is 11.6 Å². The van der Waals surface area contributed by atoms with E-state index in [1.54, 1.807) is 0 Å². The number of amides is 1. The molecule has 0 bridgehead atoms. The number of carbonyl (C=O) groups excluding carboxylic acids is 1. The number of rotatable bonds is 7.